The molecule has 1 aliphatic heterocycles. The molecule has 3 heterocycles. The Morgan fingerprint density at radius 2 is 1.52 bits per heavy atom. The molecule has 12 nitrogen and oxygen atoms in total. The van der Waals surface area contributed by atoms with Gasteiger partial charge in [0.15, 0.2) is 28.5 Å². The smallest absolute Gasteiger partial charge is 0.256 e. The van der Waals surface area contributed by atoms with Gasteiger partial charge in [0, 0.05) is 17.7 Å². The van der Waals surface area contributed by atoms with E-state index in [4.69, 9.17) is 14.2 Å². The summed E-state index contributed by atoms with van der Waals surface area (Å²) in [5.41, 5.74) is 2.46. The van der Waals surface area contributed by atoms with Crippen LogP contribution in [0.2, 0.25) is 0 Å². The van der Waals surface area contributed by atoms with Crippen LogP contribution in [0, 0.1) is 0 Å². The quantitative estimate of drug-likeness (QED) is 0.168. The summed E-state index contributed by atoms with van der Waals surface area (Å²) in [5.74, 6) is 0.715. The average molecular weight is 699 g/mol. The number of fused-ring (bicyclic) bond motifs is 1. The highest BCUT2D eigenvalue weighted by atomic mass is 16.5. The number of likely N-dealkylation sites (tertiary alicyclic amines) is 1. The molecule has 2 amide bonds. The fraction of sp³-hybridized carbons (Fsp3) is 0.225. The molecule has 0 spiro atoms. The Morgan fingerprint density at radius 3 is 2.17 bits per heavy atom. The van der Waals surface area contributed by atoms with Gasteiger partial charge in [0.25, 0.3) is 5.91 Å². The molecule has 1 saturated heterocycles. The lowest BCUT2D eigenvalue weighted by Crippen LogP contribution is -2.43. The molecule has 0 radical (unpaired) electrons. The predicted molar refractivity (Wildman–Crippen MR) is 194 cm³/mol. The molecular formula is C40H38N6O6. The first kappa shape index (κ1) is 34.3. The number of aliphatic hydroxyl groups is 1. The van der Waals surface area contributed by atoms with Gasteiger partial charge in [-0.1, -0.05) is 91.0 Å². The molecule has 1 fully saturated rings. The number of carbonyl (C=O) groups excluding carboxylic acids is 2. The molecule has 0 saturated carbocycles. The van der Waals surface area contributed by atoms with Crippen molar-refractivity contribution in [1.29, 1.82) is 0 Å². The van der Waals surface area contributed by atoms with Gasteiger partial charge in [-0.25, -0.2) is 15.0 Å². The van der Waals surface area contributed by atoms with Crippen LogP contribution in [0.1, 0.15) is 33.5 Å². The van der Waals surface area contributed by atoms with Crippen molar-refractivity contribution >= 4 is 28.8 Å². The van der Waals surface area contributed by atoms with Crippen LogP contribution < -0.4 is 14.8 Å². The van der Waals surface area contributed by atoms with E-state index < -0.39 is 17.7 Å². The van der Waals surface area contributed by atoms with Crippen LogP contribution in [0.15, 0.2) is 122 Å². The number of nitrogens with one attached hydrogen (secondary N) is 1. The molecule has 52 heavy (non-hydrogen) atoms. The largest absolute Gasteiger partial charge is 0.493 e. The summed E-state index contributed by atoms with van der Waals surface area (Å²) in [6.07, 6.45) is 2.40. The number of amides is 2. The number of carbonyl (C=O) groups is 2. The van der Waals surface area contributed by atoms with E-state index in [1.165, 1.54) is 12.7 Å². The van der Waals surface area contributed by atoms with E-state index in [-0.39, 0.29) is 37.3 Å². The lowest BCUT2D eigenvalue weighted by molar-refractivity contribution is -0.135. The number of β-amino-alcohol motifs (C(OH)–C–C–N with tert-alkyl or cyclic N) is 1. The first-order valence-corrected chi connectivity index (χ1v) is 16.9. The number of hydrogen-bond acceptors (Lipinski definition) is 9. The van der Waals surface area contributed by atoms with Crippen LogP contribution in [-0.2, 0) is 21.7 Å². The summed E-state index contributed by atoms with van der Waals surface area (Å²) in [7, 11) is 3.19. The maximum atomic E-state index is 14.0. The Morgan fingerprint density at radius 1 is 0.846 bits per heavy atom. The highest BCUT2D eigenvalue weighted by Gasteiger charge is 2.43. The molecule has 2 atom stereocenters. The third-order valence-electron chi connectivity index (χ3n) is 9.32. The number of aliphatic hydroxyl groups excluding tert-OH is 1. The summed E-state index contributed by atoms with van der Waals surface area (Å²) in [5, 5.41) is 13.7. The van der Waals surface area contributed by atoms with E-state index in [1.54, 1.807) is 48.0 Å². The minimum atomic E-state index is -1.18. The number of anilines is 1. The molecule has 2 unspecified atom stereocenters. The second-order valence-electron chi connectivity index (χ2n) is 12.4. The molecule has 1 aliphatic rings. The van der Waals surface area contributed by atoms with Gasteiger partial charge in [0.05, 0.1) is 39.3 Å². The van der Waals surface area contributed by atoms with Crippen molar-refractivity contribution in [1.82, 2.24) is 24.4 Å². The highest BCUT2D eigenvalue weighted by molar-refractivity contribution is 6.06. The van der Waals surface area contributed by atoms with E-state index in [1.807, 2.05) is 84.9 Å². The topological polar surface area (TPSA) is 141 Å². The molecule has 2 aromatic heterocycles. The average Bonchev–Trinajstić information content (AvgIpc) is 3.79. The lowest BCUT2D eigenvalue weighted by atomic mass is 9.79. The number of hydrogen-bond donors (Lipinski definition) is 2. The molecule has 0 bridgehead atoms. The van der Waals surface area contributed by atoms with Gasteiger partial charge in [-0.05, 0) is 35.7 Å². The summed E-state index contributed by atoms with van der Waals surface area (Å²) < 4.78 is 20.4. The SMILES string of the molecule is COc1cccc(C(OCC2CC(O)CN2C(=O)Cn2cnc3c(NC(=O)c4ccccc4)ncnc32)(c2ccccc2)c2ccccc2)c1OC. The van der Waals surface area contributed by atoms with Crippen LogP contribution in [0.4, 0.5) is 5.82 Å². The van der Waals surface area contributed by atoms with Crippen LogP contribution >= 0.6 is 0 Å². The third-order valence-corrected chi connectivity index (χ3v) is 9.32. The van der Waals surface area contributed by atoms with Crippen molar-refractivity contribution in [3.63, 3.8) is 0 Å². The predicted octanol–water partition coefficient (Wildman–Crippen LogP) is 5.07. The van der Waals surface area contributed by atoms with Gasteiger partial charge in [-0.2, -0.15) is 0 Å². The van der Waals surface area contributed by atoms with E-state index >= 15 is 0 Å². The second-order valence-corrected chi connectivity index (χ2v) is 12.4. The van der Waals surface area contributed by atoms with Gasteiger partial charge in [-0.15, -0.1) is 0 Å². The van der Waals surface area contributed by atoms with E-state index in [9.17, 15) is 14.7 Å². The summed E-state index contributed by atoms with van der Waals surface area (Å²) in [6.45, 7) is 0.128. The van der Waals surface area contributed by atoms with E-state index in [0.29, 0.717) is 34.6 Å². The number of methoxy groups -OCH3 is 2. The molecule has 2 N–H and O–H groups in total. The summed E-state index contributed by atoms with van der Waals surface area (Å²) in [4.78, 5) is 41.6. The second kappa shape index (κ2) is 15.0. The zero-order valence-electron chi connectivity index (χ0n) is 28.8. The highest BCUT2D eigenvalue weighted by Crippen LogP contribution is 2.47. The Balaban J connectivity index is 1.18. The number of nitrogens with zero attached hydrogens (tertiary/aromatic N) is 5. The normalized spacial score (nSPS) is 15.8. The van der Waals surface area contributed by atoms with Gasteiger partial charge >= 0.3 is 0 Å². The number of rotatable bonds is 12. The first-order chi connectivity index (χ1) is 25.4. The molecule has 12 heteroatoms. The summed E-state index contributed by atoms with van der Waals surface area (Å²) in [6, 6.07) is 33.7. The molecule has 7 rings (SSSR count). The minimum absolute atomic E-state index is 0.0927. The number of aromatic nitrogens is 4. The zero-order chi connectivity index (χ0) is 36.1. The summed E-state index contributed by atoms with van der Waals surface area (Å²) >= 11 is 0. The zero-order valence-corrected chi connectivity index (χ0v) is 28.8. The van der Waals surface area contributed by atoms with Crippen molar-refractivity contribution < 1.29 is 28.9 Å². The molecular weight excluding hydrogens is 660 g/mol. The Bertz CT molecular complexity index is 2120. The number of benzene rings is 4. The van der Waals surface area contributed by atoms with Crippen LogP contribution in [-0.4, -0.2) is 80.9 Å². The minimum Gasteiger partial charge on any atom is -0.493 e. The number of ether oxygens (including phenoxy) is 3. The van der Waals surface area contributed by atoms with Crippen molar-refractivity contribution in [3.05, 3.63) is 144 Å². The Hall–Kier alpha value is -6.11. The number of imidazole rings is 1. The number of para-hydroxylation sites is 1. The fourth-order valence-electron chi connectivity index (χ4n) is 6.90. The Labute approximate surface area is 300 Å². The van der Waals surface area contributed by atoms with Crippen molar-refractivity contribution in [3.8, 4) is 11.5 Å². The van der Waals surface area contributed by atoms with E-state index in [2.05, 4.69) is 20.3 Å². The first-order valence-electron chi connectivity index (χ1n) is 16.9. The molecule has 264 valence electrons. The molecule has 6 aromatic rings. The van der Waals surface area contributed by atoms with Crippen molar-refractivity contribution in [2.45, 2.75) is 30.7 Å². The third kappa shape index (κ3) is 6.57. The van der Waals surface area contributed by atoms with Gasteiger partial charge < -0.3 is 34.1 Å². The van der Waals surface area contributed by atoms with Gasteiger partial charge in [0.2, 0.25) is 5.91 Å². The van der Waals surface area contributed by atoms with Gasteiger partial charge in [0.1, 0.15) is 18.5 Å². The maximum absolute atomic E-state index is 14.0. The van der Waals surface area contributed by atoms with Crippen LogP contribution in [0.3, 0.4) is 0 Å². The van der Waals surface area contributed by atoms with Crippen molar-refractivity contribution in [2.75, 3.05) is 32.7 Å². The standard InChI is InChI=1S/C40H38N6O6/c1-50-33-20-12-19-32(36(33)51-2)40(28-15-8-4-9-16-28,29-17-10-5-11-18-29)52-24-30-21-31(47)22-46(30)34(48)23-45-26-43-35-37(41-25-42-38(35)45)44-39(49)27-13-6-3-7-14-27/h3-20,25-26,30-31,47H,21-24H2,1-2H3,(H,41,42,44,49). The van der Waals surface area contributed by atoms with E-state index in [0.717, 1.165) is 16.7 Å². The fourth-order valence-corrected chi connectivity index (χ4v) is 6.90. The van der Waals surface area contributed by atoms with Crippen molar-refractivity contribution in [2.24, 2.45) is 0 Å². The monoisotopic (exact) mass is 698 g/mol. The lowest BCUT2D eigenvalue weighted by Gasteiger charge is -2.38. The maximum Gasteiger partial charge on any atom is 0.256 e. The van der Waals surface area contributed by atoms with Crippen LogP contribution in [0.5, 0.6) is 11.5 Å². The molecule has 4 aromatic carbocycles. The molecule has 0 aliphatic carbocycles. The Kier molecular flexibility index (Phi) is 9.92. The van der Waals surface area contributed by atoms with Gasteiger partial charge in [-0.3, -0.25) is 9.59 Å². The van der Waals surface area contributed by atoms with Crippen LogP contribution in [0.25, 0.3) is 11.2 Å².